The van der Waals surface area contributed by atoms with Crippen LogP contribution in [0.5, 0.6) is 5.75 Å². The number of ether oxygens (including phenoxy) is 1. The fraction of sp³-hybridized carbons (Fsp3) is 0.231. The van der Waals surface area contributed by atoms with Crippen LogP contribution in [-0.4, -0.2) is 39.1 Å². The third-order valence-electron chi connectivity index (χ3n) is 6.71. The van der Waals surface area contributed by atoms with Gasteiger partial charge in [-0.1, -0.05) is 24.3 Å². The summed E-state index contributed by atoms with van der Waals surface area (Å²) >= 11 is 0. The Hall–Kier alpha value is -3.85. The van der Waals surface area contributed by atoms with Crippen molar-refractivity contribution in [2.75, 3.05) is 6.98 Å². The van der Waals surface area contributed by atoms with Crippen LogP contribution >= 0.6 is 0 Å². The van der Waals surface area contributed by atoms with E-state index in [1.807, 2.05) is 0 Å². The molecule has 2 aliphatic rings. The molecule has 2 bridgehead atoms. The number of imidazole rings is 1. The molecule has 0 spiro atoms. The molecule has 0 aliphatic carbocycles. The summed E-state index contributed by atoms with van der Waals surface area (Å²) in [5, 5.41) is 9.29. The predicted octanol–water partition coefficient (Wildman–Crippen LogP) is 5.06. The Morgan fingerprint density at radius 3 is 2.71 bits per heavy atom. The number of halogens is 3. The van der Waals surface area contributed by atoms with Gasteiger partial charge in [-0.15, -0.1) is 0 Å². The molecule has 2 aliphatic heterocycles. The molecule has 3 heterocycles. The van der Waals surface area contributed by atoms with E-state index in [1.54, 1.807) is 28.8 Å². The average Bonchev–Trinajstić information content (AvgIpc) is 3.35. The Labute approximate surface area is 202 Å². The van der Waals surface area contributed by atoms with Crippen LogP contribution in [0, 0.1) is 5.82 Å². The Kier molecular flexibility index (Phi) is 4.14. The van der Waals surface area contributed by atoms with Crippen molar-refractivity contribution in [3.63, 3.8) is 0 Å². The summed E-state index contributed by atoms with van der Waals surface area (Å²) in [4.78, 5) is 18.9. The number of aromatic nitrogens is 2. The van der Waals surface area contributed by atoms with E-state index in [9.17, 15) is 23.1 Å². The number of fused-ring (bicyclic) bond motifs is 9. The van der Waals surface area contributed by atoms with Crippen LogP contribution in [0.4, 0.5) is 13.2 Å². The highest BCUT2D eigenvalue weighted by Gasteiger charge is 2.45. The third kappa shape index (κ3) is 3.22. The van der Waals surface area contributed by atoms with E-state index in [-0.39, 0.29) is 28.9 Å². The molecular formula is C26H20F3N3O3. The summed E-state index contributed by atoms with van der Waals surface area (Å²) in [7, 11) is 0. The van der Waals surface area contributed by atoms with Crippen molar-refractivity contribution in [2.24, 2.45) is 0 Å². The van der Waals surface area contributed by atoms with Gasteiger partial charge in [-0.2, -0.15) is 8.78 Å². The van der Waals surface area contributed by atoms with Gasteiger partial charge in [0.1, 0.15) is 17.4 Å². The molecule has 6 rings (SSSR count). The summed E-state index contributed by atoms with van der Waals surface area (Å²) in [6.45, 7) is -6.41. The minimum Gasteiger partial charge on any atom is -0.434 e. The number of benzene rings is 3. The van der Waals surface area contributed by atoms with Crippen LogP contribution in [0.1, 0.15) is 49.9 Å². The van der Waals surface area contributed by atoms with E-state index in [4.69, 9.17) is 8.85 Å². The molecule has 0 unspecified atom stereocenters. The quantitative estimate of drug-likeness (QED) is 0.442. The molecule has 0 saturated heterocycles. The maximum atomic E-state index is 14.4. The van der Waals surface area contributed by atoms with Crippen LogP contribution in [0.15, 0.2) is 54.6 Å². The number of rotatable bonds is 4. The number of carbonyl (C=O) groups is 1. The second kappa shape index (κ2) is 7.84. The van der Waals surface area contributed by atoms with Crippen molar-refractivity contribution in [1.82, 2.24) is 14.5 Å². The number of carbonyl (C=O) groups excluding carboxylic acids is 1. The summed E-state index contributed by atoms with van der Waals surface area (Å²) in [5.41, 5.74) is 2.52. The molecule has 9 heteroatoms. The van der Waals surface area contributed by atoms with Crippen molar-refractivity contribution >= 4 is 16.9 Å². The molecule has 1 amide bonds. The molecule has 0 radical (unpaired) electrons. The largest absolute Gasteiger partial charge is 0.434 e. The van der Waals surface area contributed by atoms with Gasteiger partial charge in [-0.25, -0.2) is 9.37 Å². The molecule has 3 aromatic carbocycles. The second-order valence-electron chi connectivity index (χ2n) is 8.55. The van der Waals surface area contributed by atoms with Crippen molar-refractivity contribution in [2.45, 2.75) is 31.7 Å². The molecular weight excluding hydrogens is 459 g/mol. The molecule has 35 heavy (non-hydrogen) atoms. The molecule has 178 valence electrons. The topological polar surface area (TPSA) is 67.6 Å². The van der Waals surface area contributed by atoms with Gasteiger partial charge in [0.15, 0.2) is 0 Å². The first kappa shape index (κ1) is 18.5. The van der Waals surface area contributed by atoms with Crippen LogP contribution in [0.2, 0.25) is 0 Å². The number of hydrogen-bond acceptors (Lipinski definition) is 4. The maximum Gasteiger partial charge on any atom is 0.387 e. The van der Waals surface area contributed by atoms with E-state index in [1.165, 1.54) is 30.3 Å². The lowest BCUT2D eigenvalue weighted by atomic mass is 9.97. The van der Waals surface area contributed by atoms with Crippen LogP contribution in [0.3, 0.4) is 0 Å². The zero-order valence-electron chi connectivity index (χ0n) is 21.1. The smallest absolute Gasteiger partial charge is 0.387 e. The Morgan fingerprint density at radius 1 is 1.17 bits per heavy atom. The number of amides is 1. The fourth-order valence-corrected chi connectivity index (χ4v) is 5.14. The molecule has 4 aromatic rings. The molecule has 0 saturated carbocycles. The van der Waals surface area contributed by atoms with Gasteiger partial charge in [-0.3, -0.25) is 4.79 Å². The Morgan fingerprint density at radius 2 is 1.97 bits per heavy atom. The van der Waals surface area contributed by atoms with Crippen molar-refractivity contribution in [1.29, 1.82) is 0 Å². The number of nitrogens with zero attached hydrogens (tertiary/aromatic N) is 3. The minimum absolute atomic E-state index is 0.0305. The lowest BCUT2D eigenvalue weighted by molar-refractivity contribution is -0.0507. The van der Waals surface area contributed by atoms with Crippen LogP contribution in [0.25, 0.3) is 22.2 Å². The SMILES string of the molecule is [2H]C([2H])([2H])N1C(=O)c2cccc(OC(F)F)c2[C@H]2C[C@@H]1c1nc3ccc(-c4ccc(CO)c(F)c4)cc3n12. The summed E-state index contributed by atoms with van der Waals surface area (Å²) < 4.78 is 71.9. The Balaban J connectivity index is 1.60. The third-order valence-corrected chi connectivity index (χ3v) is 6.71. The normalized spacial score (nSPS) is 20.3. The highest BCUT2D eigenvalue weighted by atomic mass is 19.3. The van der Waals surface area contributed by atoms with Crippen LogP contribution in [-0.2, 0) is 6.61 Å². The standard InChI is InChI=1S/C26H20F3N3O3/c1-31-21-11-20(23-16(25(31)34)3-2-4-22(23)35-26(28)29)32-19-10-14(7-8-18(19)30-24(21)32)13-5-6-15(12-33)17(27)9-13/h2-10,20-21,26,33H,11-12H2,1H3/t20-,21-/m1/s1/i1D3. The van der Waals surface area contributed by atoms with Gasteiger partial charge in [0, 0.05) is 34.2 Å². The number of aliphatic hydroxyl groups excluding tert-OH is 1. The lowest BCUT2D eigenvalue weighted by Gasteiger charge is -2.24. The Bertz CT molecular complexity index is 1610. The van der Waals surface area contributed by atoms with Gasteiger partial charge in [-0.05, 0) is 41.5 Å². The van der Waals surface area contributed by atoms with E-state index >= 15 is 0 Å². The molecule has 1 aromatic heterocycles. The van der Waals surface area contributed by atoms with E-state index in [0.717, 1.165) is 4.90 Å². The lowest BCUT2D eigenvalue weighted by Crippen LogP contribution is -2.30. The maximum absolute atomic E-state index is 14.4. The van der Waals surface area contributed by atoms with E-state index in [2.05, 4.69) is 4.98 Å². The number of hydrogen-bond donors (Lipinski definition) is 1. The van der Waals surface area contributed by atoms with Crippen molar-refractivity contribution in [3.8, 4) is 16.9 Å². The van der Waals surface area contributed by atoms with Crippen molar-refractivity contribution in [3.05, 3.63) is 82.9 Å². The first-order valence-corrected chi connectivity index (χ1v) is 10.9. The van der Waals surface area contributed by atoms with Crippen molar-refractivity contribution < 1.29 is 31.9 Å². The summed E-state index contributed by atoms with van der Waals surface area (Å²) in [5.74, 6) is -1.28. The van der Waals surface area contributed by atoms with E-state index in [0.29, 0.717) is 28.0 Å². The predicted molar refractivity (Wildman–Crippen MR) is 122 cm³/mol. The van der Waals surface area contributed by atoms with E-state index < -0.39 is 44.0 Å². The highest BCUT2D eigenvalue weighted by Crippen LogP contribution is 2.50. The molecule has 0 fully saturated rings. The summed E-state index contributed by atoms with van der Waals surface area (Å²) in [6.07, 6.45) is 0.100. The number of aliphatic hydroxyl groups is 1. The van der Waals surface area contributed by atoms with Gasteiger partial charge in [0.2, 0.25) is 0 Å². The van der Waals surface area contributed by atoms with Gasteiger partial charge < -0.3 is 19.3 Å². The monoisotopic (exact) mass is 482 g/mol. The zero-order valence-corrected chi connectivity index (χ0v) is 18.1. The van der Waals surface area contributed by atoms with Gasteiger partial charge >= 0.3 is 6.61 Å². The fourth-order valence-electron chi connectivity index (χ4n) is 5.14. The first-order chi connectivity index (χ1) is 18.1. The highest BCUT2D eigenvalue weighted by molar-refractivity contribution is 5.98. The molecule has 2 atom stereocenters. The van der Waals surface area contributed by atoms with Gasteiger partial charge in [0.25, 0.3) is 5.91 Å². The minimum atomic E-state index is -3.15. The summed E-state index contributed by atoms with van der Waals surface area (Å²) in [6, 6.07) is 12.1. The second-order valence-corrected chi connectivity index (χ2v) is 8.55. The first-order valence-electron chi connectivity index (χ1n) is 12.4. The zero-order chi connectivity index (χ0) is 26.9. The molecule has 1 N–H and O–H groups in total. The average molecular weight is 482 g/mol. The number of alkyl halides is 2. The van der Waals surface area contributed by atoms with Gasteiger partial charge in [0.05, 0.1) is 29.7 Å². The molecule has 6 nitrogen and oxygen atoms in total. The van der Waals surface area contributed by atoms with Crippen LogP contribution < -0.4 is 4.74 Å².